The number of aromatic amines is 1. The molecular formula is C17H18N4OS. The Balaban J connectivity index is 1.91. The SMILES string of the molecule is CC(C)(C)NC(=O)c1c[nH]nc1-c1nc(-c2ccccc2)cs1. The maximum absolute atomic E-state index is 12.4. The molecule has 1 aromatic carbocycles. The Morgan fingerprint density at radius 2 is 1.96 bits per heavy atom. The molecule has 1 amide bonds. The van der Waals surface area contributed by atoms with Gasteiger partial charge in [0.2, 0.25) is 0 Å². The Morgan fingerprint density at radius 1 is 1.22 bits per heavy atom. The number of thiazole rings is 1. The van der Waals surface area contributed by atoms with Gasteiger partial charge in [-0.15, -0.1) is 11.3 Å². The number of aromatic nitrogens is 3. The van der Waals surface area contributed by atoms with Crippen LogP contribution in [0.15, 0.2) is 41.9 Å². The zero-order chi connectivity index (χ0) is 16.4. The third-order valence-corrected chi connectivity index (χ3v) is 4.00. The molecule has 0 unspecified atom stereocenters. The van der Waals surface area contributed by atoms with E-state index in [2.05, 4.69) is 20.5 Å². The summed E-state index contributed by atoms with van der Waals surface area (Å²) in [5, 5.41) is 12.6. The second-order valence-electron chi connectivity index (χ2n) is 6.26. The molecule has 23 heavy (non-hydrogen) atoms. The normalized spacial score (nSPS) is 11.4. The fraction of sp³-hybridized carbons (Fsp3) is 0.235. The van der Waals surface area contributed by atoms with Crippen molar-refractivity contribution in [1.29, 1.82) is 0 Å². The van der Waals surface area contributed by atoms with Crippen molar-refractivity contribution in [3.05, 3.63) is 47.5 Å². The van der Waals surface area contributed by atoms with E-state index in [-0.39, 0.29) is 11.4 Å². The summed E-state index contributed by atoms with van der Waals surface area (Å²) in [6, 6.07) is 9.95. The Labute approximate surface area is 138 Å². The topological polar surface area (TPSA) is 70.7 Å². The van der Waals surface area contributed by atoms with Crippen LogP contribution in [-0.4, -0.2) is 26.6 Å². The van der Waals surface area contributed by atoms with Crippen LogP contribution in [0.3, 0.4) is 0 Å². The highest BCUT2D eigenvalue weighted by Crippen LogP contribution is 2.29. The zero-order valence-electron chi connectivity index (χ0n) is 13.3. The Kier molecular flexibility index (Phi) is 4.00. The summed E-state index contributed by atoms with van der Waals surface area (Å²) in [6.07, 6.45) is 1.61. The average Bonchev–Trinajstić information content (AvgIpc) is 3.15. The average molecular weight is 326 g/mol. The molecule has 3 rings (SSSR count). The van der Waals surface area contributed by atoms with Gasteiger partial charge in [-0.05, 0) is 20.8 Å². The van der Waals surface area contributed by atoms with Crippen LogP contribution in [-0.2, 0) is 0 Å². The lowest BCUT2D eigenvalue weighted by atomic mass is 10.1. The fourth-order valence-corrected chi connectivity index (χ4v) is 2.99. The van der Waals surface area contributed by atoms with Crippen molar-refractivity contribution in [2.45, 2.75) is 26.3 Å². The molecule has 0 saturated carbocycles. The number of amides is 1. The van der Waals surface area contributed by atoms with Crippen molar-refractivity contribution in [3.8, 4) is 22.0 Å². The zero-order valence-corrected chi connectivity index (χ0v) is 14.1. The van der Waals surface area contributed by atoms with Gasteiger partial charge >= 0.3 is 0 Å². The van der Waals surface area contributed by atoms with Gasteiger partial charge in [-0.25, -0.2) is 4.98 Å². The smallest absolute Gasteiger partial charge is 0.255 e. The standard InChI is InChI=1S/C17H18N4OS/c1-17(2,3)20-15(22)12-9-18-21-14(12)16-19-13(10-23-16)11-7-5-4-6-8-11/h4-10H,1-3H3,(H,18,21)(H,20,22). The molecule has 0 saturated heterocycles. The molecular weight excluding hydrogens is 308 g/mol. The van der Waals surface area contributed by atoms with E-state index in [1.807, 2.05) is 56.5 Å². The minimum Gasteiger partial charge on any atom is -0.347 e. The third kappa shape index (κ3) is 3.48. The lowest BCUT2D eigenvalue weighted by molar-refractivity contribution is 0.0920. The van der Waals surface area contributed by atoms with E-state index in [1.54, 1.807) is 6.20 Å². The maximum Gasteiger partial charge on any atom is 0.255 e. The van der Waals surface area contributed by atoms with Gasteiger partial charge in [-0.1, -0.05) is 30.3 Å². The van der Waals surface area contributed by atoms with Crippen LogP contribution < -0.4 is 5.32 Å². The van der Waals surface area contributed by atoms with Crippen molar-refractivity contribution in [1.82, 2.24) is 20.5 Å². The number of nitrogens with zero attached hydrogens (tertiary/aromatic N) is 2. The van der Waals surface area contributed by atoms with Gasteiger partial charge in [0.05, 0.1) is 11.3 Å². The van der Waals surface area contributed by atoms with Crippen LogP contribution in [0.2, 0.25) is 0 Å². The van der Waals surface area contributed by atoms with Crippen molar-refractivity contribution < 1.29 is 4.79 Å². The monoisotopic (exact) mass is 326 g/mol. The number of benzene rings is 1. The lowest BCUT2D eigenvalue weighted by Crippen LogP contribution is -2.40. The van der Waals surface area contributed by atoms with Crippen molar-refractivity contribution in [2.24, 2.45) is 0 Å². The van der Waals surface area contributed by atoms with Gasteiger partial charge in [0, 0.05) is 22.7 Å². The molecule has 6 heteroatoms. The second kappa shape index (κ2) is 5.96. The first-order valence-electron chi connectivity index (χ1n) is 7.32. The summed E-state index contributed by atoms with van der Waals surface area (Å²) >= 11 is 1.48. The van der Waals surface area contributed by atoms with Crippen LogP contribution in [0.25, 0.3) is 22.0 Å². The maximum atomic E-state index is 12.4. The summed E-state index contributed by atoms with van der Waals surface area (Å²) in [7, 11) is 0. The first-order valence-corrected chi connectivity index (χ1v) is 8.19. The van der Waals surface area contributed by atoms with E-state index < -0.39 is 0 Å². The van der Waals surface area contributed by atoms with E-state index >= 15 is 0 Å². The Hall–Kier alpha value is -2.47. The quantitative estimate of drug-likeness (QED) is 0.770. The highest BCUT2D eigenvalue weighted by molar-refractivity contribution is 7.13. The number of rotatable bonds is 3. The molecule has 0 bridgehead atoms. The third-order valence-electron chi connectivity index (χ3n) is 3.15. The molecule has 5 nitrogen and oxygen atoms in total. The minimum absolute atomic E-state index is 0.155. The molecule has 2 N–H and O–H groups in total. The molecule has 0 fully saturated rings. The molecule has 2 heterocycles. The van der Waals surface area contributed by atoms with E-state index in [0.29, 0.717) is 11.3 Å². The van der Waals surface area contributed by atoms with Crippen molar-refractivity contribution in [3.63, 3.8) is 0 Å². The number of H-pyrrole nitrogens is 1. The van der Waals surface area contributed by atoms with E-state index in [4.69, 9.17) is 0 Å². The number of hydrogen-bond donors (Lipinski definition) is 2. The molecule has 0 atom stereocenters. The van der Waals surface area contributed by atoms with Crippen LogP contribution in [0.4, 0.5) is 0 Å². The molecule has 0 spiro atoms. The van der Waals surface area contributed by atoms with Gasteiger partial charge < -0.3 is 5.32 Å². The van der Waals surface area contributed by atoms with Gasteiger partial charge in [0.15, 0.2) is 0 Å². The summed E-state index contributed by atoms with van der Waals surface area (Å²) < 4.78 is 0. The number of carbonyl (C=O) groups is 1. The van der Waals surface area contributed by atoms with E-state index in [1.165, 1.54) is 11.3 Å². The van der Waals surface area contributed by atoms with Crippen molar-refractivity contribution >= 4 is 17.2 Å². The first-order chi connectivity index (χ1) is 10.9. The summed E-state index contributed by atoms with van der Waals surface area (Å²) in [5.74, 6) is -0.155. The predicted molar refractivity (Wildman–Crippen MR) is 92.4 cm³/mol. The summed E-state index contributed by atoms with van der Waals surface area (Å²) in [4.78, 5) is 17.0. The van der Waals surface area contributed by atoms with E-state index in [0.717, 1.165) is 16.3 Å². The van der Waals surface area contributed by atoms with Crippen molar-refractivity contribution in [2.75, 3.05) is 0 Å². The molecule has 118 valence electrons. The molecule has 0 radical (unpaired) electrons. The molecule has 3 aromatic rings. The van der Waals surface area contributed by atoms with Gasteiger partial charge in [-0.3, -0.25) is 9.89 Å². The second-order valence-corrected chi connectivity index (χ2v) is 7.11. The minimum atomic E-state index is -0.302. The fourth-order valence-electron chi connectivity index (χ4n) is 2.16. The van der Waals surface area contributed by atoms with Crippen LogP contribution in [0.5, 0.6) is 0 Å². The highest BCUT2D eigenvalue weighted by atomic mass is 32.1. The Bertz CT molecular complexity index is 814. The Morgan fingerprint density at radius 3 is 2.65 bits per heavy atom. The molecule has 2 aromatic heterocycles. The molecule has 0 aliphatic rings. The van der Waals surface area contributed by atoms with E-state index in [9.17, 15) is 4.79 Å². The summed E-state index contributed by atoms with van der Waals surface area (Å²) in [5.41, 5.74) is 2.72. The highest BCUT2D eigenvalue weighted by Gasteiger charge is 2.22. The van der Waals surface area contributed by atoms with Crippen LogP contribution in [0.1, 0.15) is 31.1 Å². The number of nitrogens with one attached hydrogen (secondary N) is 2. The molecule has 0 aliphatic carbocycles. The lowest BCUT2D eigenvalue weighted by Gasteiger charge is -2.20. The predicted octanol–water partition coefficient (Wildman–Crippen LogP) is 3.73. The van der Waals surface area contributed by atoms with Gasteiger partial charge in [0.1, 0.15) is 10.7 Å². The van der Waals surface area contributed by atoms with Crippen LogP contribution in [0, 0.1) is 0 Å². The largest absolute Gasteiger partial charge is 0.347 e. The first kappa shape index (κ1) is 15.4. The summed E-state index contributed by atoms with van der Waals surface area (Å²) in [6.45, 7) is 5.84. The van der Waals surface area contributed by atoms with Crippen LogP contribution >= 0.6 is 11.3 Å². The van der Waals surface area contributed by atoms with Gasteiger partial charge in [-0.2, -0.15) is 5.10 Å². The number of hydrogen-bond acceptors (Lipinski definition) is 4. The molecule has 0 aliphatic heterocycles. The van der Waals surface area contributed by atoms with Gasteiger partial charge in [0.25, 0.3) is 5.91 Å². The number of carbonyl (C=O) groups excluding carboxylic acids is 1.